The maximum absolute atomic E-state index is 13.1. The van der Waals surface area contributed by atoms with E-state index in [0.717, 1.165) is 17.2 Å². The summed E-state index contributed by atoms with van der Waals surface area (Å²) in [6, 6.07) is 0. The van der Waals surface area contributed by atoms with E-state index in [4.69, 9.17) is 39.0 Å². The van der Waals surface area contributed by atoms with Crippen LogP contribution in [-0.2, 0) is 36.7 Å². The molecule has 8 N–H and O–H groups in total. The van der Waals surface area contributed by atoms with Gasteiger partial charge in [0, 0.05) is 0 Å². The van der Waals surface area contributed by atoms with E-state index in [1.165, 1.54) is 10.9 Å². The number of ether oxygens (including phenoxy) is 2. The molecule has 3 fully saturated rings. The predicted molar refractivity (Wildman–Crippen MR) is 148 cm³/mol. The number of H-pyrrole nitrogens is 1. The second kappa shape index (κ2) is 11.7. The quantitative estimate of drug-likeness (QED) is 0.120. The number of aromatic amines is 1. The first-order valence-electron chi connectivity index (χ1n) is 12.9. The van der Waals surface area contributed by atoms with E-state index in [9.17, 15) is 33.9 Å². The summed E-state index contributed by atoms with van der Waals surface area (Å²) in [6.07, 6.45) is -9.65. The molecule has 10 atom stereocenters. The van der Waals surface area contributed by atoms with Gasteiger partial charge < -0.3 is 50.0 Å². The molecule has 4 bridgehead atoms. The highest BCUT2D eigenvalue weighted by Crippen LogP contribution is 2.52. The molecule has 23 nitrogen and oxygen atoms in total. The normalized spacial score (nSPS) is 36.9. The predicted octanol–water partition coefficient (Wildman–Crippen LogP) is -2.34. The molecule has 4 unspecified atom stereocenters. The summed E-state index contributed by atoms with van der Waals surface area (Å²) in [5, 5.41) is 22.0. The Morgan fingerprint density at radius 1 is 0.891 bits per heavy atom. The number of nitrogen functional groups attached to an aromatic ring is 2. The highest BCUT2D eigenvalue weighted by Gasteiger charge is 2.53. The van der Waals surface area contributed by atoms with Crippen LogP contribution in [0.15, 0.2) is 23.8 Å². The molecule has 4 aromatic heterocycles. The van der Waals surface area contributed by atoms with Crippen molar-refractivity contribution in [2.45, 2.75) is 56.5 Å². The van der Waals surface area contributed by atoms with Crippen LogP contribution in [-0.4, -0.2) is 104 Å². The average molecular weight is 689 g/mol. The van der Waals surface area contributed by atoms with Gasteiger partial charge in [0.15, 0.2) is 35.1 Å². The summed E-state index contributed by atoms with van der Waals surface area (Å²) < 4.78 is 60.7. The molecule has 3 aliphatic heterocycles. The van der Waals surface area contributed by atoms with Crippen molar-refractivity contribution in [2.24, 2.45) is 0 Å². The number of hydrogen-bond acceptors (Lipinski definition) is 19. The van der Waals surface area contributed by atoms with Crippen LogP contribution >= 0.6 is 15.6 Å². The summed E-state index contributed by atoms with van der Waals surface area (Å²) in [7, 11) is -10.4. The number of nitrogens with one attached hydrogen (secondary N) is 1. The molecule has 7 rings (SSSR count). The number of phosphoric acid groups is 2. The van der Waals surface area contributed by atoms with Crippen LogP contribution < -0.4 is 21.9 Å². The van der Waals surface area contributed by atoms with Crippen molar-refractivity contribution >= 4 is 49.7 Å². The molecule has 7 heterocycles. The molecule has 3 saturated heterocycles. The van der Waals surface area contributed by atoms with Crippen LogP contribution in [0.5, 0.6) is 0 Å². The number of rotatable bonds is 2. The van der Waals surface area contributed by atoms with Gasteiger partial charge in [-0.25, -0.2) is 24.5 Å². The first-order valence-corrected chi connectivity index (χ1v) is 15.9. The third-order valence-corrected chi connectivity index (χ3v) is 9.27. The number of anilines is 2. The molecule has 0 spiro atoms. The first kappa shape index (κ1) is 32.5. The van der Waals surface area contributed by atoms with Gasteiger partial charge >= 0.3 is 7.82 Å². The van der Waals surface area contributed by atoms with Gasteiger partial charge in [-0.2, -0.15) is 4.98 Å². The van der Waals surface area contributed by atoms with Crippen LogP contribution in [0.4, 0.5) is 11.8 Å². The van der Waals surface area contributed by atoms with Crippen molar-refractivity contribution in [1.29, 1.82) is 0 Å². The summed E-state index contributed by atoms with van der Waals surface area (Å²) in [6.45, 7) is -1.73. The topological polar surface area (TPSA) is 332 Å². The van der Waals surface area contributed by atoms with E-state index < -0.39 is 83.5 Å². The number of phosphoric ester groups is 2. The van der Waals surface area contributed by atoms with Gasteiger partial charge in [0.05, 0.1) is 25.9 Å². The van der Waals surface area contributed by atoms with Gasteiger partial charge in [0.1, 0.15) is 48.5 Å². The second-order valence-electron chi connectivity index (χ2n) is 10.1. The van der Waals surface area contributed by atoms with Crippen molar-refractivity contribution in [3.05, 3.63) is 29.3 Å². The van der Waals surface area contributed by atoms with E-state index in [1.807, 2.05) is 0 Å². The molecular weight excluding hydrogens is 662 g/mol. The van der Waals surface area contributed by atoms with Crippen molar-refractivity contribution in [3.8, 4) is 0 Å². The minimum absolute atomic E-state index is 0. The molecule has 0 saturated carbocycles. The van der Waals surface area contributed by atoms with Crippen LogP contribution in [0.1, 0.15) is 19.9 Å². The summed E-state index contributed by atoms with van der Waals surface area (Å²) in [4.78, 5) is 58.1. The van der Waals surface area contributed by atoms with Gasteiger partial charge in [0.2, 0.25) is 5.95 Å². The Balaban J connectivity index is 0.00000372. The van der Waals surface area contributed by atoms with E-state index in [-0.39, 0.29) is 41.5 Å². The standard InChI is InChI=1S/C20H24N10O13P2.CH4/c21-14-8-15(24-3-23-14)29(4-25-8)18-12-10(31)6(40-18)1-38-45(36,37)43-13-11(32)7(2-39-44(34,35)42-12)41-19(13)30-5-26-9-16(30)27-20(22)28-17(9)33;/h3-7,10-13,18-19,31-32H,1-2H2,(H,34,35)(H,36,37)(H2,21,23,24)(H3,22,27,28,33);1H4/p-1/t6-,7-,10?,11?,12+,13+,18-,19-;/m1./s1. The monoisotopic (exact) mass is 689 g/mol. The van der Waals surface area contributed by atoms with Crippen LogP contribution in [0.2, 0.25) is 0 Å². The van der Waals surface area contributed by atoms with E-state index in [2.05, 4.69) is 29.9 Å². The maximum atomic E-state index is 13.1. The number of fused-ring (bicyclic) bond motifs is 6. The minimum atomic E-state index is -5.34. The second-order valence-corrected chi connectivity index (χ2v) is 12.9. The average Bonchev–Trinajstić information content (AvgIpc) is 3.72. The molecule has 0 aromatic carbocycles. The highest BCUT2D eigenvalue weighted by molar-refractivity contribution is 7.47. The maximum Gasteiger partial charge on any atom is 0.472 e. The van der Waals surface area contributed by atoms with Gasteiger partial charge in [-0.15, -0.1) is 0 Å². The Labute approximate surface area is 256 Å². The molecule has 4 aromatic rings. The van der Waals surface area contributed by atoms with E-state index >= 15 is 0 Å². The van der Waals surface area contributed by atoms with Crippen LogP contribution in [0, 0.1) is 0 Å². The lowest BCUT2D eigenvalue weighted by molar-refractivity contribution is -0.237. The minimum Gasteiger partial charge on any atom is -0.756 e. The number of aromatic nitrogens is 8. The summed E-state index contributed by atoms with van der Waals surface area (Å²) >= 11 is 0. The van der Waals surface area contributed by atoms with Gasteiger partial charge in [-0.05, 0) is 0 Å². The van der Waals surface area contributed by atoms with Crippen LogP contribution in [0.25, 0.3) is 22.3 Å². The Morgan fingerprint density at radius 2 is 1.48 bits per heavy atom. The number of nitrogens with two attached hydrogens (primary N) is 2. The fourth-order valence-electron chi connectivity index (χ4n) is 5.27. The van der Waals surface area contributed by atoms with Gasteiger partial charge in [-0.1, -0.05) is 7.43 Å². The van der Waals surface area contributed by atoms with Crippen molar-refractivity contribution in [1.82, 2.24) is 39.0 Å². The smallest absolute Gasteiger partial charge is 0.472 e. The van der Waals surface area contributed by atoms with E-state index in [0.29, 0.717) is 0 Å². The molecule has 25 heteroatoms. The summed E-state index contributed by atoms with van der Waals surface area (Å²) in [5.74, 6) is -0.290. The molecule has 250 valence electrons. The zero-order valence-corrected chi connectivity index (χ0v) is 24.2. The first-order chi connectivity index (χ1) is 21.3. The zero-order valence-electron chi connectivity index (χ0n) is 22.4. The number of imidazole rings is 2. The van der Waals surface area contributed by atoms with Crippen molar-refractivity contribution in [3.63, 3.8) is 0 Å². The number of nitrogens with zero attached hydrogens (tertiary/aromatic N) is 7. The van der Waals surface area contributed by atoms with Crippen molar-refractivity contribution < 1.29 is 56.7 Å². The Kier molecular flexibility index (Phi) is 8.24. The lowest BCUT2D eigenvalue weighted by atomic mass is 10.1. The van der Waals surface area contributed by atoms with Crippen molar-refractivity contribution in [2.75, 3.05) is 24.7 Å². The molecular formula is C21H27N10O13P2-. The lowest BCUT2D eigenvalue weighted by Crippen LogP contribution is -2.38. The van der Waals surface area contributed by atoms with Crippen LogP contribution in [0.3, 0.4) is 0 Å². The largest absolute Gasteiger partial charge is 0.756 e. The molecule has 0 amide bonds. The number of aliphatic hydroxyl groups excluding tert-OH is 2. The van der Waals surface area contributed by atoms with Gasteiger partial charge in [-0.3, -0.25) is 32.5 Å². The fourth-order valence-corrected chi connectivity index (χ4v) is 7.12. The van der Waals surface area contributed by atoms with Gasteiger partial charge in [0.25, 0.3) is 13.4 Å². The molecule has 46 heavy (non-hydrogen) atoms. The molecule has 0 aliphatic carbocycles. The third-order valence-electron chi connectivity index (χ3n) is 7.32. The Hall–Kier alpha value is -3.44. The lowest BCUT2D eigenvalue weighted by Gasteiger charge is -2.31. The molecule has 3 aliphatic rings. The molecule has 0 radical (unpaired) electrons. The Bertz CT molecular complexity index is 1940. The zero-order chi connectivity index (χ0) is 31.8. The third kappa shape index (κ3) is 5.59. The fraction of sp³-hybridized carbons (Fsp3) is 0.524. The Morgan fingerprint density at radius 3 is 2.15 bits per heavy atom. The SMILES string of the molecule is C.Nc1nc2c(ncn2[C@@H]2O[C@@H]3COP(=O)(O)O[C@H]4C(O)[C@@H](COP(=O)([O-])O[C@H]2C3O)O[C@H]4n2cnc3c(N)ncnc32)c(=O)[nH]1. The summed E-state index contributed by atoms with van der Waals surface area (Å²) in [5.41, 5.74) is 10.7. The van der Waals surface area contributed by atoms with E-state index in [1.54, 1.807) is 0 Å². The highest BCUT2D eigenvalue weighted by atomic mass is 31.2. The number of aliphatic hydroxyl groups is 2. The number of hydrogen-bond donors (Lipinski definition) is 6.